The quantitative estimate of drug-likeness (QED) is 0.878. The number of amides is 3. The lowest BCUT2D eigenvalue weighted by atomic mass is 9.97. The Morgan fingerprint density at radius 1 is 1.24 bits per heavy atom. The summed E-state index contributed by atoms with van der Waals surface area (Å²) in [6, 6.07) is 9.14. The molecule has 1 unspecified atom stereocenters. The summed E-state index contributed by atoms with van der Waals surface area (Å²) in [6.07, 6.45) is 2.36. The van der Waals surface area contributed by atoms with Crippen LogP contribution in [0.1, 0.15) is 24.8 Å². The topological polar surface area (TPSA) is 87.2 Å². The van der Waals surface area contributed by atoms with Crippen molar-refractivity contribution in [1.82, 2.24) is 15.1 Å². The summed E-state index contributed by atoms with van der Waals surface area (Å²) >= 11 is 1.39. The van der Waals surface area contributed by atoms with Crippen LogP contribution in [0.2, 0.25) is 0 Å². The molecule has 2 heterocycles. The summed E-state index contributed by atoms with van der Waals surface area (Å²) in [5.74, 6) is -0.333. The molecule has 3 rings (SSSR count). The van der Waals surface area contributed by atoms with E-state index in [0.29, 0.717) is 18.2 Å². The Bertz CT molecular complexity index is 734. The highest BCUT2D eigenvalue weighted by molar-refractivity contribution is 7.15. The lowest BCUT2D eigenvalue weighted by Crippen LogP contribution is -2.45. The van der Waals surface area contributed by atoms with Crippen molar-refractivity contribution in [1.29, 1.82) is 0 Å². The van der Waals surface area contributed by atoms with Crippen molar-refractivity contribution in [2.75, 3.05) is 23.7 Å². The monoisotopic (exact) mass is 359 g/mol. The number of aromatic nitrogens is 2. The Balaban J connectivity index is 1.56. The molecule has 0 aliphatic carbocycles. The Kier molecular flexibility index (Phi) is 5.60. The third-order valence-corrected chi connectivity index (χ3v) is 5.09. The smallest absolute Gasteiger partial charge is 0.321 e. The number of para-hydroxylation sites is 1. The minimum absolute atomic E-state index is 0.101. The highest BCUT2D eigenvalue weighted by atomic mass is 32.1. The molecule has 25 heavy (non-hydrogen) atoms. The second kappa shape index (κ2) is 8.06. The number of carbonyl (C=O) groups excluding carboxylic acids is 2. The van der Waals surface area contributed by atoms with Gasteiger partial charge in [0.1, 0.15) is 5.01 Å². The molecule has 1 aromatic heterocycles. The van der Waals surface area contributed by atoms with Gasteiger partial charge in [-0.15, -0.1) is 10.2 Å². The van der Waals surface area contributed by atoms with Crippen molar-refractivity contribution in [3.8, 4) is 0 Å². The van der Waals surface area contributed by atoms with Gasteiger partial charge in [0.2, 0.25) is 11.0 Å². The number of nitrogens with zero attached hydrogens (tertiary/aromatic N) is 3. The molecule has 1 saturated heterocycles. The van der Waals surface area contributed by atoms with Crippen molar-refractivity contribution in [3.63, 3.8) is 0 Å². The number of rotatable bonds is 4. The normalized spacial score (nSPS) is 17.2. The van der Waals surface area contributed by atoms with Crippen LogP contribution in [0.3, 0.4) is 0 Å². The number of hydrogen-bond donors (Lipinski definition) is 2. The van der Waals surface area contributed by atoms with Crippen LogP contribution in [-0.4, -0.2) is 40.1 Å². The van der Waals surface area contributed by atoms with Crippen molar-refractivity contribution in [2.24, 2.45) is 5.92 Å². The predicted octanol–water partition coefficient (Wildman–Crippen LogP) is 2.98. The molecule has 0 bridgehead atoms. The van der Waals surface area contributed by atoms with E-state index in [4.69, 9.17) is 0 Å². The van der Waals surface area contributed by atoms with E-state index in [-0.39, 0.29) is 17.9 Å². The van der Waals surface area contributed by atoms with Crippen LogP contribution >= 0.6 is 11.3 Å². The van der Waals surface area contributed by atoms with E-state index < -0.39 is 0 Å². The van der Waals surface area contributed by atoms with Gasteiger partial charge in [-0.05, 0) is 31.4 Å². The van der Waals surface area contributed by atoms with E-state index in [1.54, 1.807) is 4.90 Å². The summed E-state index contributed by atoms with van der Waals surface area (Å²) in [6.45, 7) is 3.06. The number of aryl methyl sites for hydroxylation is 1. The Morgan fingerprint density at radius 2 is 2.04 bits per heavy atom. The van der Waals surface area contributed by atoms with Crippen molar-refractivity contribution >= 4 is 34.1 Å². The van der Waals surface area contributed by atoms with Crippen LogP contribution in [0.5, 0.6) is 0 Å². The molecular formula is C17H21N5O2S. The number of carbonyl (C=O) groups is 2. The molecule has 1 aromatic carbocycles. The summed E-state index contributed by atoms with van der Waals surface area (Å²) in [7, 11) is 0. The fraction of sp³-hybridized carbons (Fsp3) is 0.412. The fourth-order valence-electron chi connectivity index (χ4n) is 2.75. The minimum Gasteiger partial charge on any atom is -0.324 e. The van der Waals surface area contributed by atoms with Gasteiger partial charge in [-0.2, -0.15) is 0 Å². The van der Waals surface area contributed by atoms with Gasteiger partial charge in [-0.25, -0.2) is 4.79 Å². The highest BCUT2D eigenvalue weighted by Gasteiger charge is 2.29. The lowest BCUT2D eigenvalue weighted by molar-refractivity contribution is -0.121. The van der Waals surface area contributed by atoms with E-state index in [2.05, 4.69) is 20.8 Å². The Labute approximate surface area is 150 Å². The molecule has 0 spiro atoms. The van der Waals surface area contributed by atoms with Gasteiger partial charge in [0.15, 0.2) is 0 Å². The summed E-state index contributed by atoms with van der Waals surface area (Å²) in [5, 5.41) is 15.1. The van der Waals surface area contributed by atoms with Crippen LogP contribution in [0.4, 0.5) is 15.6 Å². The summed E-state index contributed by atoms with van der Waals surface area (Å²) in [4.78, 5) is 26.6. The number of benzene rings is 1. The lowest BCUT2D eigenvalue weighted by Gasteiger charge is -2.31. The Hall–Kier alpha value is -2.48. The largest absolute Gasteiger partial charge is 0.324 e. The third kappa shape index (κ3) is 4.54. The molecule has 132 valence electrons. The molecule has 1 atom stereocenters. The van der Waals surface area contributed by atoms with E-state index in [9.17, 15) is 9.59 Å². The second-order valence-corrected chi connectivity index (χ2v) is 6.99. The first-order valence-corrected chi connectivity index (χ1v) is 9.21. The molecule has 1 fully saturated rings. The summed E-state index contributed by atoms with van der Waals surface area (Å²) < 4.78 is 0. The SMILES string of the molecule is CCc1nnc(NC(=O)C2CCCN(C(=O)Nc3ccccc3)C2)s1. The maximum Gasteiger partial charge on any atom is 0.321 e. The van der Waals surface area contributed by atoms with Crippen LogP contribution < -0.4 is 10.6 Å². The van der Waals surface area contributed by atoms with Gasteiger partial charge < -0.3 is 15.5 Å². The zero-order valence-corrected chi connectivity index (χ0v) is 14.9. The molecule has 8 heteroatoms. The first kappa shape index (κ1) is 17.3. The molecule has 1 aliphatic heterocycles. The molecule has 1 aliphatic rings. The van der Waals surface area contributed by atoms with Crippen molar-refractivity contribution in [3.05, 3.63) is 35.3 Å². The van der Waals surface area contributed by atoms with Gasteiger partial charge in [-0.3, -0.25) is 4.79 Å². The fourth-order valence-corrected chi connectivity index (χ4v) is 3.44. The van der Waals surface area contributed by atoms with Crippen LogP contribution in [0.25, 0.3) is 0 Å². The van der Waals surface area contributed by atoms with Gasteiger partial charge in [0, 0.05) is 18.8 Å². The third-order valence-electron chi connectivity index (χ3n) is 4.10. The molecule has 0 radical (unpaired) electrons. The van der Waals surface area contributed by atoms with Crippen LogP contribution in [0.15, 0.2) is 30.3 Å². The Morgan fingerprint density at radius 3 is 2.76 bits per heavy atom. The number of anilines is 2. The number of nitrogens with one attached hydrogen (secondary N) is 2. The molecule has 2 aromatic rings. The van der Waals surface area contributed by atoms with E-state index >= 15 is 0 Å². The maximum atomic E-state index is 12.5. The first-order chi connectivity index (χ1) is 12.2. The average Bonchev–Trinajstić information content (AvgIpc) is 3.10. The van der Waals surface area contributed by atoms with Gasteiger partial charge in [0.25, 0.3) is 0 Å². The van der Waals surface area contributed by atoms with Gasteiger partial charge >= 0.3 is 6.03 Å². The van der Waals surface area contributed by atoms with Crippen molar-refractivity contribution in [2.45, 2.75) is 26.2 Å². The first-order valence-electron chi connectivity index (χ1n) is 8.40. The highest BCUT2D eigenvalue weighted by Crippen LogP contribution is 2.21. The maximum absolute atomic E-state index is 12.5. The zero-order chi connectivity index (χ0) is 17.6. The zero-order valence-electron chi connectivity index (χ0n) is 14.1. The van der Waals surface area contributed by atoms with Gasteiger partial charge in [-0.1, -0.05) is 36.5 Å². The predicted molar refractivity (Wildman–Crippen MR) is 97.7 cm³/mol. The second-order valence-electron chi connectivity index (χ2n) is 5.93. The molecule has 7 nitrogen and oxygen atoms in total. The van der Waals surface area contributed by atoms with Crippen LogP contribution in [-0.2, 0) is 11.2 Å². The van der Waals surface area contributed by atoms with E-state index in [0.717, 1.165) is 30.0 Å². The van der Waals surface area contributed by atoms with Crippen molar-refractivity contribution < 1.29 is 9.59 Å². The molecule has 2 N–H and O–H groups in total. The van der Waals surface area contributed by atoms with Gasteiger partial charge in [0.05, 0.1) is 5.92 Å². The number of urea groups is 1. The number of hydrogen-bond acceptors (Lipinski definition) is 5. The molecule has 0 saturated carbocycles. The van der Waals surface area contributed by atoms with E-state index in [1.165, 1.54) is 11.3 Å². The molecule has 3 amide bonds. The standard InChI is InChI=1S/C17H21N5O2S/c1-2-14-20-21-16(25-14)19-15(23)12-7-6-10-22(11-12)17(24)18-13-8-4-3-5-9-13/h3-5,8-9,12H,2,6-7,10-11H2,1H3,(H,18,24)(H,19,21,23). The van der Waals surface area contributed by atoms with Crippen LogP contribution in [0, 0.1) is 5.92 Å². The average molecular weight is 359 g/mol. The molecular weight excluding hydrogens is 338 g/mol. The minimum atomic E-state index is -0.232. The number of piperidine rings is 1. The summed E-state index contributed by atoms with van der Waals surface area (Å²) in [5.41, 5.74) is 0.750. The number of likely N-dealkylation sites (tertiary alicyclic amines) is 1. The van der Waals surface area contributed by atoms with E-state index in [1.807, 2.05) is 37.3 Å².